The van der Waals surface area contributed by atoms with Gasteiger partial charge in [-0.05, 0) is 26.0 Å². The van der Waals surface area contributed by atoms with E-state index < -0.39 is 10.1 Å². The molecule has 0 saturated carbocycles. The molecule has 1 aromatic heterocycles. The van der Waals surface area contributed by atoms with Crippen molar-refractivity contribution >= 4 is 10.1 Å². The normalized spacial score (nSPS) is 11.4. The minimum atomic E-state index is -3.80. The van der Waals surface area contributed by atoms with Crippen LogP contribution >= 0.6 is 0 Å². The molecular formula is C11H12N2O3S. The summed E-state index contributed by atoms with van der Waals surface area (Å²) >= 11 is 0. The summed E-state index contributed by atoms with van der Waals surface area (Å²) in [6, 6.07) is 6.46. The molecule has 0 radical (unpaired) electrons. The highest BCUT2D eigenvalue weighted by Crippen LogP contribution is 2.11. The topological polar surface area (TPSA) is 61.2 Å². The standard InChI is InChI=1S/C11H12N2O3S/c1-9-3-5-11(6-4-9)17(14,15)16-13-8-7-12-10(13)2/h3-8H,1-2H3. The molecule has 1 heterocycles. The fourth-order valence-electron chi connectivity index (χ4n) is 1.30. The van der Waals surface area contributed by atoms with Gasteiger partial charge in [0, 0.05) is 6.20 Å². The van der Waals surface area contributed by atoms with Crippen LogP contribution in [0.15, 0.2) is 41.6 Å². The number of imidazole rings is 1. The predicted molar refractivity (Wildman–Crippen MR) is 61.9 cm³/mol. The summed E-state index contributed by atoms with van der Waals surface area (Å²) in [7, 11) is -3.80. The zero-order chi connectivity index (χ0) is 12.5. The molecule has 0 aliphatic rings. The van der Waals surface area contributed by atoms with Gasteiger partial charge < -0.3 is 0 Å². The zero-order valence-electron chi connectivity index (χ0n) is 9.49. The first-order chi connectivity index (χ1) is 7.99. The van der Waals surface area contributed by atoms with Gasteiger partial charge in [-0.15, -0.1) is 0 Å². The fourth-order valence-corrected chi connectivity index (χ4v) is 2.22. The van der Waals surface area contributed by atoms with Crippen LogP contribution in [0.5, 0.6) is 0 Å². The smallest absolute Gasteiger partial charge is 0.283 e. The van der Waals surface area contributed by atoms with Gasteiger partial charge in [0.1, 0.15) is 10.7 Å². The molecule has 5 nitrogen and oxygen atoms in total. The van der Waals surface area contributed by atoms with Crippen molar-refractivity contribution in [3.8, 4) is 0 Å². The Morgan fingerprint density at radius 2 is 1.82 bits per heavy atom. The van der Waals surface area contributed by atoms with Crippen LogP contribution in [0.4, 0.5) is 0 Å². The Kier molecular flexibility index (Phi) is 2.89. The monoisotopic (exact) mass is 252 g/mol. The van der Waals surface area contributed by atoms with Crippen LogP contribution < -0.4 is 4.28 Å². The average molecular weight is 252 g/mol. The fraction of sp³-hybridized carbons (Fsp3) is 0.182. The molecule has 2 aromatic rings. The van der Waals surface area contributed by atoms with Crippen LogP contribution in [0.3, 0.4) is 0 Å². The van der Waals surface area contributed by atoms with E-state index in [1.807, 2.05) is 6.92 Å². The number of aryl methyl sites for hydroxylation is 2. The van der Waals surface area contributed by atoms with Crippen molar-refractivity contribution in [1.29, 1.82) is 0 Å². The molecule has 90 valence electrons. The van der Waals surface area contributed by atoms with Gasteiger partial charge in [-0.25, -0.2) is 4.98 Å². The van der Waals surface area contributed by atoms with E-state index in [0.29, 0.717) is 5.82 Å². The SMILES string of the molecule is Cc1ccc(S(=O)(=O)On2ccnc2C)cc1. The van der Waals surface area contributed by atoms with Gasteiger partial charge in [0.2, 0.25) is 0 Å². The van der Waals surface area contributed by atoms with Crippen LogP contribution in [0.1, 0.15) is 11.4 Å². The molecule has 0 unspecified atom stereocenters. The molecule has 0 saturated heterocycles. The van der Waals surface area contributed by atoms with E-state index in [9.17, 15) is 8.42 Å². The molecule has 0 spiro atoms. The molecule has 0 aliphatic carbocycles. The van der Waals surface area contributed by atoms with Crippen LogP contribution in [0.2, 0.25) is 0 Å². The number of rotatable bonds is 3. The molecule has 1 aromatic carbocycles. The Hall–Kier alpha value is -1.82. The van der Waals surface area contributed by atoms with E-state index in [0.717, 1.165) is 10.3 Å². The third-order valence-corrected chi connectivity index (χ3v) is 3.48. The summed E-state index contributed by atoms with van der Waals surface area (Å²) in [6.45, 7) is 3.54. The summed E-state index contributed by atoms with van der Waals surface area (Å²) in [6.07, 6.45) is 2.92. The van der Waals surface area contributed by atoms with Crippen LogP contribution in [0, 0.1) is 13.8 Å². The third-order valence-electron chi connectivity index (χ3n) is 2.27. The van der Waals surface area contributed by atoms with E-state index in [-0.39, 0.29) is 4.90 Å². The Bertz CT molecular complexity index is 614. The first kappa shape index (κ1) is 11.7. The second kappa shape index (κ2) is 4.21. The Balaban J connectivity index is 2.31. The molecule has 0 atom stereocenters. The van der Waals surface area contributed by atoms with Crippen molar-refractivity contribution in [2.24, 2.45) is 0 Å². The molecule has 0 bridgehead atoms. The predicted octanol–water partition coefficient (Wildman–Crippen LogP) is 1.32. The minimum Gasteiger partial charge on any atom is -0.283 e. The van der Waals surface area contributed by atoms with Crippen molar-refractivity contribution in [2.45, 2.75) is 18.7 Å². The van der Waals surface area contributed by atoms with E-state index >= 15 is 0 Å². The second-order valence-corrected chi connectivity index (χ2v) is 5.17. The minimum absolute atomic E-state index is 0.121. The number of nitrogens with zero attached hydrogens (tertiary/aromatic N) is 2. The van der Waals surface area contributed by atoms with E-state index in [1.165, 1.54) is 24.5 Å². The lowest BCUT2D eigenvalue weighted by molar-refractivity contribution is 0.271. The largest absolute Gasteiger partial charge is 0.357 e. The maximum Gasteiger partial charge on any atom is 0.357 e. The average Bonchev–Trinajstić information content (AvgIpc) is 2.64. The molecule has 0 fully saturated rings. The van der Waals surface area contributed by atoms with Crippen LogP contribution in [-0.2, 0) is 10.1 Å². The highest BCUT2D eigenvalue weighted by atomic mass is 32.2. The lowest BCUT2D eigenvalue weighted by Gasteiger charge is -2.07. The summed E-state index contributed by atoms with van der Waals surface area (Å²) in [5, 5.41) is 0. The van der Waals surface area contributed by atoms with Crippen molar-refractivity contribution in [3.63, 3.8) is 0 Å². The number of aromatic nitrogens is 2. The second-order valence-electron chi connectivity index (χ2n) is 3.64. The summed E-state index contributed by atoms with van der Waals surface area (Å²) < 4.78 is 29.8. The highest BCUT2D eigenvalue weighted by Gasteiger charge is 2.17. The quantitative estimate of drug-likeness (QED) is 0.826. The summed E-state index contributed by atoms with van der Waals surface area (Å²) in [5.74, 6) is 0.473. The Labute approximate surface area is 99.8 Å². The van der Waals surface area contributed by atoms with Gasteiger partial charge >= 0.3 is 10.1 Å². The first-order valence-corrected chi connectivity index (χ1v) is 6.41. The molecule has 0 aliphatic heterocycles. The lowest BCUT2D eigenvalue weighted by Crippen LogP contribution is -2.20. The van der Waals surface area contributed by atoms with Gasteiger partial charge in [-0.1, -0.05) is 17.7 Å². The van der Waals surface area contributed by atoms with Crippen LogP contribution in [0.25, 0.3) is 0 Å². The molecule has 0 N–H and O–H groups in total. The molecule has 0 amide bonds. The Morgan fingerprint density at radius 1 is 1.18 bits per heavy atom. The third kappa shape index (κ3) is 2.47. The van der Waals surface area contributed by atoms with Crippen molar-refractivity contribution in [2.75, 3.05) is 0 Å². The van der Waals surface area contributed by atoms with E-state index in [4.69, 9.17) is 4.28 Å². The van der Waals surface area contributed by atoms with Crippen molar-refractivity contribution in [3.05, 3.63) is 48.0 Å². The summed E-state index contributed by atoms with van der Waals surface area (Å²) in [5.41, 5.74) is 0.989. The molecular weight excluding hydrogens is 240 g/mol. The number of benzene rings is 1. The molecule has 2 rings (SSSR count). The first-order valence-electron chi connectivity index (χ1n) is 5.01. The lowest BCUT2D eigenvalue weighted by atomic mass is 10.2. The van der Waals surface area contributed by atoms with Gasteiger partial charge in [0.15, 0.2) is 0 Å². The van der Waals surface area contributed by atoms with E-state index in [2.05, 4.69) is 4.98 Å². The van der Waals surface area contributed by atoms with Crippen molar-refractivity contribution < 1.29 is 12.7 Å². The van der Waals surface area contributed by atoms with Gasteiger partial charge in [0.05, 0.1) is 6.20 Å². The highest BCUT2D eigenvalue weighted by molar-refractivity contribution is 7.87. The van der Waals surface area contributed by atoms with E-state index in [1.54, 1.807) is 19.1 Å². The number of hydrogen-bond acceptors (Lipinski definition) is 4. The Morgan fingerprint density at radius 3 is 2.35 bits per heavy atom. The molecule has 6 heteroatoms. The molecule has 17 heavy (non-hydrogen) atoms. The maximum absolute atomic E-state index is 11.9. The van der Waals surface area contributed by atoms with Gasteiger partial charge in [-0.2, -0.15) is 13.1 Å². The van der Waals surface area contributed by atoms with Crippen molar-refractivity contribution in [1.82, 2.24) is 9.71 Å². The number of hydrogen-bond donors (Lipinski definition) is 0. The zero-order valence-corrected chi connectivity index (χ0v) is 10.3. The van der Waals surface area contributed by atoms with Crippen LogP contribution in [-0.4, -0.2) is 18.1 Å². The maximum atomic E-state index is 11.9. The van der Waals surface area contributed by atoms with Gasteiger partial charge in [-0.3, -0.25) is 4.28 Å². The summed E-state index contributed by atoms with van der Waals surface area (Å²) in [4.78, 5) is 4.00. The van der Waals surface area contributed by atoms with Gasteiger partial charge in [0.25, 0.3) is 0 Å².